The van der Waals surface area contributed by atoms with Gasteiger partial charge in [0.15, 0.2) is 16.1 Å². The lowest BCUT2D eigenvalue weighted by Crippen LogP contribution is -2.74. The minimum atomic E-state index is -2.95. The van der Waals surface area contributed by atoms with E-state index in [1.807, 2.05) is 0 Å². The molecule has 0 fully saturated rings. The van der Waals surface area contributed by atoms with Crippen LogP contribution in [0.3, 0.4) is 0 Å². The van der Waals surface area contributed by atoms with E-state index in [9.17, 15) is 0 Å². The second-order valence-corrected chi connectivity index (χ2v) is 39.7. The van der Waals surface area contributed by atoms with Gasteiger partial charge in [-0.15, -0.1) is 0 Å². The van der Waals surface area contributed by atoms with Crippen molar-refractivity contribution >= 4 is 158 Å². The summed E-state index contributed by atoms with van der Waals surface area (Å²) in [6.07, 6.45) is 0. The predicted octanol–water partition coefficient (Wildman–Crippen LogP) is 21.4. The third kappa shape index (κ3) is 11.3. The molecule has 0 N–H and O–H groups in total. The quantitative estimate of drug-likeness (QED) is 0.0708. The van der Waals surface area contributed by atoms with Gasteiger partial charge < -0.3 is 18.9 Å². The van der Waals surface area contributed by atoms with E-state index in [1.54, 1.807) is 0 Å². The second kappa shape index (κ2) is 29.5. The van der Waals surface area contributed by atoms with Crippen LogP contribution in [0.5, 0.6) is 0 Å². The van der Waals surface area contributed by atoms with Gasteiger partial charge in [-0.05, 0) is 141 Å². The van der Waals surface area contributed by atoms with Gasteiger partial charge in [0.25, 0.3) is 6.71 Å². The lowest BCUT2D eigenvalue weighted by Gasteiger charge is -2.45. The van der Waals surface area contributed by atoms with Gasteiger partial charge in [-0.2, -0.15) is 0 Å². The van der Waals surface area contributed by atoms with Crippen LogP contribution in [0.4, 0.5) is 34.1 Å². The molecule has 0 saturated carbocycles. The molecule has 2 aromatic heterocycles. The van der Waals surface area contributed by atoms with E-state index in [0.717, 1.165) is 112 Å². The van der Waals surface area contributed by atoms with E-state index in [1.165, 1.54) is 79.4 Å². The monoisotopic (exact) mass is 1570 g/mol. The molecule has 7 heteroatoms. The Balaban J connectivity index is 0.803. The summed E-state index contributed by atoms with van der Waals surface area (Å²) in [5.74, 6) is 0. The number of rotatable bonds is 16. The molecule has 566 valence electrons. The smallest absolute Gasteiger partial charge is 0.252 e. The Morgan fingerprint density at radius 1 is 0.182 bits per heavy atom. The van der Waals surface area contributed by atoms with Gasteiger partial charge in [-0.3, -0.25) is 0 Å². The average Bonchev–Trinajstić information content (AvgIpc) is 1.12. The molecule has 0 saturated heterocycles. The highest BCUT2D eigenvalue weighted by molar-refractivity contribution is 7.20. The van der Waals surface area contributed by atoms with Crippen molar-refractivity contribution in [3.63, 3.8) is 0 Å². The fourth-order valence-electron chi connectivity index (χ4n) is 20.7. The molecule has 0 unspecified atom stereocenters. The Morgan fingerprint density at radius 2 is 0.446 bits per heavy atom. The lowest BCUT2D eigenvalue weighted by atomic mass is 9.33. The van der Waals surface area contributed by atoms with Gasteiger partial charge in [-0.25, -0.2) is 0 Å². The number of anilines is 6. The van der Waals surface area contributed by atoms with Crippen LogP contribution in [0.2, 0.25) is 0 Å². The van der Waals surface area contributed by atoms with Crippen LogP contribution in [0.15, 0.2) is 479 Å². The first kappa shape index (κ1) is 71.2. The maximum atomic E-state index is 2.67. The molecule has 2 aliphatic rings. The minimum Gasteiger partial charge on any atom is -0.310 e. The maximum Gasteiger partial charge on any atom is 0.252 e. The molecule has 0 amide bonds. The van der Waals surface area contributed by atoms with Gasteiger partial charge in [0.2, 0.25) is 0 Å². The molecule has 121 heavy (non-hydrogen) atoms. The van der Waals surface area contributed by atoms with Crippen LogP contribution in [0, 0.1) is 0 Å². The molecule has 4 heterocycles. The molecule has 23 rings (SSSR count). The number of benzene rings is 19. The molecular weight excluding hydrogens is 1490 g/mol. The van der Waals surface area contributed by atoms with Crippen molar-refractivity contribution in [3.8, 4) is 55.9 Å². The minimum absolute atomic E-state index is 0.263. The third-order valence-electron chi connectivity index (χ3n) is 25.8. The van der Waals surface area contributed by atoms with Crippen molar-refractivity contribution < 1.29 is 0 Å². The fourth-order valence-corrected chi connectivity index (χ4v) is 30.3. The highest BCUT2D eigenvalue weighted by Crippen LogP contribution is 2.53. The summed E-state index contributed by atoms with van der Waals surface area (Å²) in [4.78, 5) is 5.33. The fraction of sp³-hybridized carbons (Fsp3) is 0. The Morgan fingerprint density at radius 3 is 0.752 bits per heavy atom. The van der Waals surface area contributed by atoms with Gasteiger partial charge in [0.1, 0.15) is 0 Å². The third-order valence-corrected chi connectivity index (χ3v) is 35.3. The Hall–Kier alpha value is -15.1. The Bertz CT molecular complexity index is 6750. The van der Waals surface area contributed by atoms with Crippen molar-refractivity contribution in [1.82, 2.24) is 9.13 Å². The van der Waals surface area contributed by atoms with Crippen LogP contribution in [-0.2, 0) is 0 Å². The molecule has 0 atom stereocenters. The Labute approximate surface area is 707 Å². The number of hydrogen-bond acceptors (Lipinski definition) is 2. The number of aromatic nitrogens is 2. The number of nitrogens with zero attached hydrogens (tertiary/aromatic N) is 4. The van der Waals surface area contributed by atoms with E-state index in [-0.39, 0.29) is 6.71 Å². The number of hydrogen-bond donors (Lipinski definition) is 0. The Kier molecular flexibility index (Phi) is 17.4. The summed E-state index contributed by atoms with van der Waals surface area (Å²) >= 11 is 0. The maximum absolute atomic E-state index is 2.95. The van der Waals surface area contributed by atoms with Crippen LogP contribution >= 0.6 is 0 Å². The van der Waals surface area contributed by atoms with Crippen molar-refractivity contribution in [2.24, 2.45) is 0 Å². The largest absolute Gasteiger partial charge is 0.310 e. The zero-order valence-electron chi connectivity index (χ0n) is 66.5. The summed E-state index contributed by atoms with van der Waals surface area (Å²) in [5.41, 5.74) is 26.1. The number of fused-ring (bicyclic) bond motifs is 10. The molecule has 0 aliphatic carbocycles. The van der Waals surface area contributed by atoms with Crippen LogP contribution in [-0.4, -0.2) is 32.0 Å². The average molecular weight is 1570 g/mol. The zero-order chi connectivity index (χ0) is 80.0. The summed E-state index contributed by atoms with van der Waals surface area (Å²) in [7, 11) is -5.91. The van der Waals surface area contributed by atoms with Crippen molar-refractivity contribution in [1.29, 1.82) is 0 Å². The summed E-state index contributed by atoms with van der Waals surface area (Å²) < 4.78 is 5.10. The van der Waals surface area contributed by atoms with Gasteiger partial charge in [0.05, 0.1) is 33.4 Å². The van der Waals surface area contributed by atoms with Crippen molar-refractivity contribution in [3.05, 3.63) is 479 Å². The summed E-state index contributed by atoms with van der Waals surface area (Å²) in [6, 6.07) is 181. The summed E-state index contributed by atoms with van der Waals surface area (Å²) in [6.45, 7) is -0.263. The van der Waals surface area contributed by atoms with E-state index < -0.39 is 16.1 Å². The van der Waals surface area contributed by atoms with E-state index in [0.29, 0.717) is 0 Å². The van der Waals surface area contributed by atoms with Gasteiger partial charge in [0, 0.05) is 77.9 Å². The molecule has 0 radical (unpaired) electrons. The highest BCUT2D eigenvalue weighted by atomic mass is 28.3. The second-order valence-electron chi connectivity index (χ2n) is 32.0. The number of para-hydroxylation sites is 4. The predicted molar refractivity (Wildman–Crippen MR) is 518 cm³/mol. The first-order chi connectivity index (χ1) is 60.1. The summed E-state index contributed by atoms with van der Waals surface area (Å²) in [5, 5.41) is 15.6. The van der Waals surface area contributed by atoms with E-state index in [2.05, 4.69) is 498 Å². The van der Waals surface area contributed by atoms with Gasteiger partial charge >= 0.3 is 0 Å². The molecule has 21 aromatic rings. The molecule has 2 aliphatic heterocycles. The highest BCUT2D eigenvalue weighted by Gasteiger charge is 2.47. The molecule has 0 bridgehead atoms. The van der Waals surface area contributed by atoms with Crippen molar-refractivity contribution in [2.75, 3.05) is 9.80 Å². The van der Waals surface area contributed by atoms with E-state index in [4.69, 9.17) is 0 Å². The van der Waals surface area contributed by atoms with E-state index >= 15 is 0 Å². The normalized spacial score (nSPS) is 12.4. The van der Waals surface area contributed by atoms with Crippen molar-refractivity contribution in [2.45, 2.75) is 0 Å². The lowest BCUT2D eigenvalue weighted by molar-refractivity contribution is 1.17. The van der Waals surface area contributed by atoms with Gasteiger partial charge in [-0.1, -0.05) is 419 Å². The first-order valence-electron chi connectivity index (χ1n) is 42.0. The standard InChI is InChI=1S/C114H79BN4Si2/c1-11-38-80(39-12-1)94-60-35-61-95(81-40-13-2-14-41-81)113(94)118-108-66-37-67-109-112(108)115(102-72-68-84(76-110(102)118)116-104-64-33-31-58-98(104)100-78-92(70-74-106(100)116)120(86-46-19-5-20-47-86,87-48-21-6-22-49-87)88-50-23-7-24-51-88)103-73-69-85(77-111(103)119(109)114-96(82-42-15-3-16-43-82)62-36-63-97(114)83-44-17-4-18-45-83)117-105-65-34-32-59-99(105)101-79-93(71-75-107(101)117)121(89-52-25-8-26-53-89,90-54-27-9-28-55-90)91-56-29-10-30-57-91/h1-79H. The van der Waals surface area contributed by atoms with Crippen LogP contribution in [0.1, 0.15) is 0 Å². The molecular formula is C114H79BN4Si2. The zero-order valence-corrected chi connectivity index (χ0v) is 68.5. The molecule has 19 aromatic carbocycles. The van der Waals surface area contributed by atoms with Crippen LogP contribution < -0.4 is 67.7 Å². The molecule has 0 spiro atoms. The molecule has 4 nitrogen and oxygen atoms in total. The topological polar surface area (TPSA) is 16.3 Å². The first-order valence-corrected chi connectivity index (χ1v) is 46.0. The van der Waals surface area contributed by atoms with Crippen LogP contribution in [0.25, 0.3) is 99.5 Å². The SMILES string of the molecule is c1ccc(-c2cccc(-c3ccccc3)c2N2c3cc(-n4c5ccccc5c5cc([Si](c6ccccc6)(c6ccccc6)c6ccccc6)ccc54)ccc3B3c4ccc(-n5c6ccccc6c6cc([Si](c7ccccc7)(c7ccccc7)c7ccccc7)ccc65)cc4N(c4c(-c5ccccc5)cccc4-c4ccccc4)c4cccc2c43)cc1.